The SMILES string of the molecule is O=C(N/N=C/CCC1CCN(Cc2ccccc2)CC1)c1ccccn1. The molecule has 2 aromatic rings. The number of likely N-dealkylation sites (tertiary alicyclic amines) is 1. The van der Waals surface area contributed by atoms with E-state index in [2.05, 4.69) is 50.7 Å². The van der Waals surface area contributed by atoms with E-state index in [0.29, 0.717) is 5.69 Å². The molecule has 1 aliphatic heterocycles. The minimum atomic E-state index is -0.268. The van der Waals surface area contributed by atoms with Gasteiger partial charge in [0.1, 0.15) is 5.69 Å². The Morgan fingerprint density at radius 2 is 1.92 bits per heavy atom. The third kappa shape index (κ3) is 5.77. The summed E-state index contributed by atoms with van der Waals surface area (Å²) in [7, 11) is 0. The number of hydrogen-bond donors (Lipinski definition) is 1. The lowest BCUT2D eigenvalue weighted by Crippen LogP contribution is -2.33. The molecule has 0 bridgehead atoms. The molecule has 26 heavy (non-hydrogen) atoms. The van der Waals surface area contributed by atoms with Crippen LogP contribution in [0.2, 0.25) is 0 Å². The Balaban J connectivity index is 1.31. The van der Waals surface area contributed by atoms with Crippen LogP contribution in [0, 0.1) is 5.92 Å². The van der Waals surface area contributed by atoms with Crippen molar-refractivity contribution in [3.8, 4) is 0 Å². The van der Waals surface area contributed by atoms with Crippen LogP contribution < -0.4 is 5.43 Å². The number of amides is 1. The average Bonchev–Trinajstić information content (AvgIpc) is 2.70. The van der Waals surface area contributed by atoms with Crippen molar-refractivity contribution in [2.45, 2.75) is 32.2 Å². The number of hydrazone groups is 1. The van der Waals surface area contributed by atoms with E-state index >= 15 is 0 Å². The molecular weight excluding hydrogens is 324 g/mol. The summed E-state index contributed by atoms with van der Waals surface area (Å²) in [6.45, 7) is 3.37. The fourth-order valence-corrected chi connectivity index (χ4v) is 3.31. The molecule has 0 unspecified atom stereocenters. The first kappa shape index (κ1) is 18.3. The number of nitrogens with one attached hydrogen (secondary N) is 1. The van der Waals surface area contributed by atoms with E-state index in [0.717, 1.165) is 38.4 Å². The van der Waals surface area contributed by atoms with E-state index in [4.69, 9.17) is 0 Å². The van der Waals surface area contributed by atoms with Crippen LogP contribution in [0.4, 0.5) is 0 Å². The number of benzene rings is 1. The van der Waals surface area contributed by atoms with Gasteiger partial charge in [-0.1, -0.05) is 36.4 Å². The maximum atomic E-state index is 11.8. The standard InChI is InChI=1S/C21H26N4O/c26-21(20-10-4-5-13-22-20)24-23-14-6-9-18-11-15-25(16-12-18)17-19-7-2-1-3-8-19/h1-5,7-8,10,13-14,18H,6,9,11-12,15-17H2,(H,24,26)/b23-14+. The minimum Gasteiger partial charge on any atom is -0.299 e. The smallest absolute Gasteiger partial charge is 0.289 e. The van der Waals surface area contributed by atoms with Gasteiger partial charge in [-0.2, -0.15) is 5.10 Å². The number of rotatable bonds is 7. The van der Waals surface area contributed by atoms with Gasteiger partial charge < -0.3 is 0 Å². The van der Waals surface area contributed by atoms with Gasteiger partial charge in [0.25, 0.3) is 5.91 Å². The largest absolute Gasteiger partial charge is 0.299 e. The van der Waals surface area contributed by atoms with Gasteiger partial charge in [0.2, 0.25) is 0 Å². The molecule has 2 heterocycles. The number of aromatic nitrogens is 1. The minimum absolute atomic E-state index is 0.268. The second kappa shape index (κ2) is 9.82. The van der Waals surface area contributed by atoms with Crippen molar-refractivity contribution in [3.63, 3.8) is 0 Å². The second-order valence-electron chi connectivity index (χ2n) is 6.75. The zero-order chi connectivity index (χ0) is 18.0. The van der Waals surface area contributed by atoms with Gasteiger partial charge in [-0.05, 0) is 62.4 Å². The van der Waals surface area contributed by atoms with E-state index in [-0.39, 0.29) is 5.91 Å². The van der Waals surface area contributed by atoms with Crippen molar-refractivity contribution in [2.75, 3.05) is 13.1 Å². The molecule has 3 rings (SSSR count). The van der Waals surface area contributed by atoms with E-state index in [9.17, 15) is 4.79 Å². The third-order valence-electron chi connectivity index (χ3n) is 4.82. The highest BCUT2D eigenvalue weighted by atomic mass is 16.2. The average molecular weight is 350 g/mol. The highest BCUT2D eigenvalue weighted by Crippen LogP contribution is 2.22. The molecule has 0 spiro atoms. The van der Waals surface area contributed by atoms with Crippen molar-refractivity contribution < 1.29 is 4.79 Å². The highest BCUT2D eigenvalue weighted by molar-refractivity contribution is 5.92. The summed E-state index contributed by atoms with van der Waals surface area (Å²) in [5.41, 5.74) is 4.31. The van der Waals surface area contributed by atoms with Crippen molar-refractivity contribution in [3.05, 3.63) is 66.0 Å². The van der Waals surface area contributed by atoms with Crippen LogP contribution in [0.5, 0.6) is 0 Å². The highest BCUT2D eigenvalue weighted by Gasteiger charge is 2.18. The molecule has 1 saturated heterocycles. The van der Waals surface area contributed by atoms with E-state index < -0.39 is 0 Å². The molecule has 0 saturated carbocycles. The molecule has 0 aliphatic carbocycles. The van der Waals surface area contributed by atoms with Crippen LogP contribution in [-0.2, 0) is 6.54 Å². The van der Waals surface area contributed by atoms with Crippen LogP contribution in [0.25, 0.3) is 0 Å². The number of piperidine rings is 1. The van der Waals surface area contributed by atoms with Gasteiger partial charge in [-0.15, -0.1) is 0 Å². The molecule has 136 valence electrons. The van der Waals surface area contributed by atoms with Crippen LogP contribution in [-0.4, -0.2) is 35.1 Å². The first-order valence-corrected chi connectivity index (χ1v) is 9.30. The summed E-state index contributed by atoms with van der Waals surface area (Å²) in [6.07, 6.45) is 7.90. The first-order valence-electron chi connectivity index (χ1n) is 9.30. The molecule has 1 N–H and O–H groups in total. The van der Waals surface area contributed by atoms with Gasteiger partial charge in [0.15, 0.2) is 0 Å². The number of hydrogen-bond acceptors (Lipinski definition) is 4. The number of nitrogens with zero attached hydrogens (tertiary/aromatic N) is 3. The molecule has 1 aromatic carbocycles. The topological polar surface area (TPSA) is 57.6 Å². The molecule has 1 aliphatic rings. The Morgan fingerprint density at radius 1 is 1.15 bits per heavy atom. The van der Waals surface area contributed by atoms with Crippen LogP contribution in [0.1, 0.15) is 41.7 Å². The van der Waals surface area contributed by atoms with Crippen molar-refractivity contribution in [1.82, 2.24) is 15.3 Å². The van der Waals surface area contributed by atoms with Gasteiger partial charge in [-0.3, -0.25) is 14.7 Å². The van der Waals surface area contributed by atoms with Gasteiger partial charge in [0, 0.05) is 19.0 Å². The number of pyridine rings is 1. The Kier molecular flexibility index (Phi) is 6.90. The maximum absolute atomic E-state index is 11.8. The van der Waals surface area contributed by atoms with Gasteiger partial charge >= 0.3 is 0 Å². The molecule has 1 fully saturated rings. The molecule has 0 atom stereocenters. The van der Waals surface area contributed by atoms with Crippen molar-refractivity contribution in [1.29, 1.82) is 0 Å². The number of carbonyl (C=O) groups is 1. The summed E-state index contributed by atoms with van der Waals surface area (Å²) in [6, 6.07) is 15.9. The first-order chi connectivity index (χ1) is 12.8. The molecule has 5 heteroatoms. The van der Waals surface area contributed by atoms with Gasteiger partial charge in [-0.25, -0.2) is 5.43 Å². The molecular formula is C21H26N4O. The molecule has 1 aromatic heterocycles. The van der Waals surface area contributed by atoms with Crippen LogP contribution in [0.15, 0.2) is 59.8 Å². The van der Waals surface area contributed by atoms with E-state index in [1.54, 1.807) is 30.6 Å². The Morgan fingerprint density at radius 3 is 2.65 bits per heavy atom. The second-order valence-corrected chi connectivity index (χ2v) is 6.75. The van der Waals surface area contributed by atoms with Crippen molar-refractivity contribution >= 4 is 12.1 Å². The number of carbonyl (C=O) groups excluding carboxylic acids is 1. The lowest BCUT2D eigenvalue weighted by molar-refractivity contribution is 0.0950. The summed E-state index contributed by atoms with van der Waals surface area (Å²) in [4.78, 5) is 18.3. The maximum Gasteiger partial charge on any atom is 0.289 e. The lowest BCUT2D eigenvalue weighted by Gasteiger charge is -2.31. The molecule has 0 radical (unpaired) electrons. The summed E-state index contributed by atoms with van der Waals surface area (Å²) < 4.78 is 0. The Labute approximate surface area is 155 Å². The predicted octanol–water partition coefficient (Wildman–Crippen LogP) is 3.49. The zero-order valence-corrected chi connectivity index (χ0v) is 15.1. The van der Waals surface area contributed by atoms with Crippen LogP contribution in [0.3, 0.4) is 0 Å². The van der Waals surface area contributed by atoms with E-state index in [1.807, 2.05) is 0 Å². The monoisotopic (exact) mass is 350 g/mol. The quantitative estimate of drug-likeness (QED) is 0.614. The van der Waals surface area contributed by atoms with E-state index in [1.165, 1.54) is 18.4 Å². The molecule has 1 amide bonds. The lowest BCUT2D eigenvalue weighted by atomic mass is 9.92. The zero-order valence-electron chi connectivity index (χ0n) is 15.1. The fraction of sp³-hybridized carbons (Fsp3) is 0.381. The summed E-state index contributed by atoms with van der Waals surface area (Å²) in [5, 5.41) is 4.03. The van der Waals surface area contributed by atoms with Crippen molar-refractivity contribution in [2.24, 2.45) is 11.0 Å². The fourth-order valence-electron chi connectivity index (χ4n) is 3.31. The normalized spacial score (nSPS) is 16.0. The summed E-state index contributed by atoms with van der Waals surface area (Å²) in [5.74, 6) is 0.482. The Bertz CT molecular complexity index is 694. The van der Waals surface area contributed by atoms with Gasteiger partial charge in [0.05, 0.1) is 0 Å². The third-order valence-corrected chi connectivity index (χ3v) is 4.82. The summed E-state index contributed by atoms with van der Waals surface area (Å²) >= 11 is 0. The molecule has 5 nitrogen and oxygen atoms in total. The predicted molar refractivity (Wildman–Crippen MR) is 104 cm³/mol. The van der Waals surface area contributed by atoms with Crippen LogP contribution >= 0.6 is 0 Å². The Hall–Kier alpha value is -2.53.